The van der Waals surface area contributed by atoms with Gasteiger partial charge in [-0.3, -0.25) is 10.1 Å². The normalized spacial score (nSPS) is 10.3. The molecule has 0 unspecified atom stereocenters. The van der Waals surface area contributed by atoms with E-state index in [2.05, 4.69) is 5.32 Å². The molecule has 0 radical (unpaired) electrons. The molecule has 18 heavy (non-hydrogen) atoms. The summed E-state index contributed by atoms with van der Waals surface area (Å²) in [6.07, 6.45) is 0.776. The zero-order valence-electron chi connectivity index (χ0n) is 10.4. The van der Waals surface area contributed by atoms with Gasteiger partial charge in [0.15, 0.2) is 0 Å². The van der Waals surface area contributed by atoms with Crippen LogP contribution in [-0.4, -0.2) is 28.9 Å². The molecule has 0 aliphatic heterocycles. The number of rotatable bonds is 8. The van der Waals surface area contributed by atoms with Gasteiger partial charge in [0.25, 0.3) is 5.69 Å². The van der Waals surface area contributed by atoms with Crippen molar-refractivity contribution in [3.63, 3.8) is 0 Å². The lowest BCUT2D eigenvalue weighted by Crippen LogP contribution is -2.02. The summed E-state index contributed by atoms with van der Waals surface area (Å²) in [4.78, 5) is 10.5. The van der Waals surface area contributed by atoms with Gasteiger partial charge in [-0.2, -0.15) is 11.8 Å². The van der Waals surface area contributed by atoms with E-state index in [1.807, 2.05) is 13.0 Å². The maximum Gasteiger partial charge on any atom is 0.292 e. The van der Waals surface area contributed by atoms with Crippen molar-refractivity contribution in [1.29, 1.82) is 0 Å². The average Bonchev–Trinajstić information content (AvgIpc) is 2.35. The SMILES string of the molecule is CCNc1cc(CSCCCO)ccc1[N+](=O)[O-]. The van der Waals surface area contributed by atoms with E-state index in [-0.39, 0.29) is 17.2 Å². The molecule has 0 fully saturated rings. The van der Waals surface area contributed by atoms with Crippen LogP contribution in [0, 0.1) is 10.1 Å². The van der Waals surface area contributed by atoms with Crippen LogP contribution < -0.4 is 5.32 Å². The number of hydrogen-bond acceptors (Lipinski definition) is 5. The topological polar surface area (TPSA) is 75.4 Å². The van der Waals surface area contributed by atoms with E-state index in [1.54, 1.807) is 23.9 Å². The fourth-order valence-corrected chi connectivity index (χ4v) is 2.41. The molecule has 5 nitrogen and oxygen atoms in total. The standard InChI is InChI=1S/C12H18N2O3S/c1-2-13-11-8-10(9-18-7-3-6-15)4-5-12(11)14(16)17/h4-5,8,13,15H,2-3,6-7,9H2,1H3. The molecule has 0 aromatic heterocycles. The first-order chi connectivity index (χ1) is 8.69. The first kappa shape index (κ1) is 14.8. The van der Waals surface area contributed by atoms with Crippen molar-refractivity contribution in [2.75, 3.05) is 24.2 Å². The van der Waals surface area contributed by atoms with Gasteiger partial charge in [0.05, 0.1) is 4.92 Å². The number of nitro benzene ring substituents is 1. The maximum absolute atomic E-state index is 10.8. The molecule has 1 aromatic carbocycles. The average molecular weight is 270 g/mol. The Bertz CT molecular complexity index is 399. The van der Waals surface area contributed by atoms with Gasteiger partial charge in [-0.25, -0.2) is 0 Å². The molecular formula is C12H18N2O3S. The molecule has 100 valence electrons. The fraction of sp³-hybridized carbons (Fsp3) is 0.500. The monoisotopic (exact) mass is 270 g/mol. The van der Waals surface area contributed by atoms with Crippen LogP contribution >= 0.6 is 11.8 Å². The van der Waals surface area contributed by atoms with Crippen molar-refractivity contribution in [3.8, 4) is 0 Å². The molecule has 2 N–H and O–H groups in total. The van der Waals surface area contributed by atoms with E-state index in [4.69, 9.17) is 5.11 Å². The minimum atomic E-state index is -0.374. The van der Waals surface area contributed by atoms with Gasteiger partial charge in [-0.05, 0) is 30.7 Å². The Morgan fingerprint density at radius 2 is 2.28 bits per heavy atom. The lowest BCUT2D eigenvalue weighted by molar-refractivity contribution is -0.384. The number of hydrogen-bond donors (Lipinski definition) is 2. The van der Waals surface area contributed by atoms with Crippen LogP contribution in [0.1, 0.15) is 18.9 Å². The third kappa shape index (κ3) is 4.54. The smallest absolute Gasteiger partial charge is 0.292 e. The Hall–Kier alpha value is -1.27. The lowest BCUT2D eigenvalue weighted by atomic mass is 10.2. The van der Waals surface area contributed by atoms with Gasteiger partial charge >= 0.3 is 0 Å². The second-order valence-corrected chi connectivity index (χ2v) is 4.87. The molecule has 0 aliphatic carbocycles. The molecule has 1 rings (SSSR count). The maximum atomic E-state index is 10.8. The Morgan fingerprint density at radius 3 is 2.89 bits per heavy atom. The lowest BCUT2D eigenvalue weighted by Gasteiger charge is -2.07. The predicted octanol–water partition coefficient (Wildman–Crippen LogP) is 2.64. The van der Waals surface area contributed by atoms with Crippen molar-refractivity contribution in [2.24, 2.45) is 0 Å². The molecule has 0 amide bonds. The third-order valence-electron chi connectivity index (χ3n) is 2.34. The molecule has 0 spiro atoms. The predicted molar refractivity (Wildman–Crippen MR) is 75.1 cm³/mol. The Labute approximate surface area is 111 Å². The van der Waals surface area contributed by atoms with Gasteiger partial charge in [0.2, 0.25) is 0 Å². The molecular weight excluding hydrogens is 252 g/mol. The van der Waals surface area contributed by atoms with Crippen molar-refractivity contribution in [1.82, 2.24) is 0 Å². The van der Waals surface area contributed by atoms with Crippen molar-refractivity contribution >= 4 is 23.1 Å². The summed E-state index contributed by atoms with van der Waals surface area (Å²) >= 11 is 1.71. The number of benzene rings is 1. The molecule has 0 atom stereocenters. The van der Waals surface area contributed by atoms with E-state index < -0.39 is 0 Å². The number of nitro groups is 1. The largest absolute Gasteiger partial charge is 0.396 e. The third-order valence-corrected chi connectivity index (χ3v) is 3.46. The van der Waals surface area contributed by atoms with E-state index in [9.17, 15) is 10.1 Å². The second-order valence-electron chi connectivity index (χ2n) is 3.77. The van der Waals surface area contributed by atoms with Crippen LogP contribution in [0.4, 0.5) is 11.4 Å². The molecule has 0 bridgehead atoms. The summed E-state index contributed by atoms with van der Waals surface area (Å²) in [5.74, 6) is 1.69. The van der Waals surface area contributed by atoms with Gasteiger partial charge in [-0.1, -0.05) is 6.07 Å². The van der Waals surface area contributed by atoms with Crippen molar-refractivity contribution < 1.29 is 10.0 Å². The Morgan fingerprint density at radius 1 is 1.50 bits per heavy atom. The first-order valence-corrected chi connectivity index (χ1v) is 7.04. The van der Waals surface area contributed by atoms with Crippen LogP contribution in [0.5, 0.6) is 0 Å². The van der Waals surface area contributed by atoms with E-state index in [0.717, 1.165) is 23.5 Å². The summed E-state index contributed by atoms with van der Waals surface area (Å²) in [6.45, 7) is 2.77. The number of aliphatic hydroxyl groups excluding tert-OH is 1. The highest BCUT2D eigenvalue weighted by Gasteiger charge is 2.13. The van der Waals surface area contributed by atoms with Gasteiger partial charge < -0.3 is 10.4 Å². The molecule has 0 saturated carbocycles. The number of thioether (sulfide) groups is 1. The first-order valence-electron chi connectivity index (χ1n) is 5.88. The summed E-state index contributed by atoms with van der Waals surface area (Å²) in [5.41, 5.74) is 1.74. The molecule has 0 heterocycles. The summed E-state index contributed by atoms with van der Waals surface area (Å²) < 4.78 is 0. The van der Waals surface area contributed by atoms with Crippen molar-refractivity contribution in [3.05, 3.63) is 33.9 Å². The molecule has 6 heteroatoms. The van der Waals surface area contributed by atoms with Crippen LogP contribution in [0.25, 0.3) is 0 Å². The quantitative estimate of drug-likeness (QED) is 0.431. The number of aliphatic hydroxyl groups is 1. The highest BCUT2D eigenvalue weighted by Crippen LogP contribution is 2.27. The molecule has 0 aliphatic rings. The van der Waals surface area contributed by atoms with Gasteiger partial charge in [-0.15, -0.1) is 0 Å². The zero-order valence-corrected chi connectivity index (χ0v) is 11.2. The second kappa shape index (κ2) is 7.94. The zero-order chi connectivity index (χ0) is 13.4. The minimum Gasteiger partial charge on any atom is -0.396 e. The van der Waals surface area contributed by atoms with Crippen LogP contribution in [0.3, 0.4) is 0 Å². The number of nitrogens with one attached hydrogen (secondary N) is 1. The molecule has 1 aromatic rings. The van der Waals surface area contributed by atoms with Crippen molar-refractivity contribution in [2.45, 2.75) is 19.1 Å². The molecule has 0 saturated heterocycles. The number of anilines is 1. The highest BCUT2D eigenvalue weighted by molar-refractivity contribution is 7.98. The van der Waals surface area contributed by atoms with Crippen LogP contribution in [-0.2, 0) is 5.75 Å². The van der Waals surface area contributed by atoms with E-state index >= 15 is 0 Å². The fourth-order valence-electron chi connectivity index (χ4n) is 1.52. The Kier molecular flexibility index (Phi) is 6.53. The van der Waals surface area contributed by atoms with E-state index in [0.29, 0.717) is 12.2 Å². The van der Waals surface area contributed by atoms with Gasteiger partial charge in [0, 0.05) is 25.0 Å². The summed E-state index contributed by atoms with van der Waals surface area (Å²) in [6, 6.07) is 5.15. The van der Waals surface area contributed by atoms with Gasteiger partial charge in [0.1, 0.15) is 5.69 Å². The summed E-state index contributed by atoms with van der Waals surface area (Å²) in [7, 11) is 0. The van der Waals surface area contributed by atoms with Crippen LogP contribution in [0.2, 0.25) is 0 Å². The Balaban J connectivity index is 2.70. The highest BCUT2D eigenvalue weighted by atomic mass is 32.2. The minimum absolute atomic E-state index is 0.112. The van der Waals surface area contributed by atoms with Crippen LogP contribution in [0.15, 0.2) is 18.2 Å². The number of nitrogens with zero attached hydrogens (tertiary/aromatic N) is 1. The van der Waals surface area contributed by atoms with E-state index in [1.165, 1.54) is 0 Å². The summed E-state index contributed by atoms with van der Waals surface area (Å²) in [5, 5.41) is 22.5.